The van der Waals surface area contributed by atoms with E-state index in [0.717, 1.165) is 6.54 Å². The second-order valence-corrected chi connectivity index (χ2v) is 3.64. The highest BCUT2D eigenvalue weighted by Gasteiger charge is 2.15. The number of primary amides is 1. The first-order chi connectivity index (χ1) is 5.93. The largest absolute Gasteiger partial charge is 0.370 e. The third-order valence-corrected chi connectivity index (χ3v) is 1.67. The summed E-state index contributed by atoms with van der Waals surface area (Å²) < 4.78 is 0. The van der Waals surface area contributed by atoms with E-state index in [2.05, 4.69) is 5.32 Å². The average Bonchev–Trinajstić information content (AvgIpc) is 1.96. The summed E-state index contributed by atoms with van der Waals surface area (Å²) in [6, 6.07) is -0.417. The summed E-state index contributed by atoms with van der Waals surface area (Å²) >= 11 is 0. The lowest BCUT2D eigenvalue weighted by Crippen LogP contribution is -2.40. The monoisotopic (exact) mass is 186 g/mol. The topological polar surface area (TPSA) is 72.2 Å². The third kappa shape index (κ3) is 6.28. The van der Waals surface area contributed by atoms with Crippen molar-refractivity contribution in [1.29, 1.82) is 0 Å². The smallest absolute Gasteiger partial charge is 0.219 e. The molecule has 0 bridgehead atoms. The Hall–Kier alpha value is -0.900. The molecule has 0 aliphatic heterocycles. The van der Waals surface area contributed by atoms with Gasteiger partial charge in [-0.2, -0.15) is 0 Å². The van der Waals surface area contributed by atoms with E-state index in [4.69, 9.17) is 5.73 Å². The SMILES string of the molecule is CC(=O)[C@H](CC(N)=O)NCC(C)C. The predicted octanol–water partition coefficient (Wildman–Crippen LogP) is 0.0650. The van der Waals surface area contributed by atoms with Gasteiger partial charge in [0.15, 0.2) is 0 Å². The molecule has 0 fully saturated rings. The van der Waals surface area contributed by atoms with Gasteiger partial charge in [-0.25, -0.2) is 0 Å². The molecule has 1 amide bonds. The molecule has 0 unspecified atom stereocenters. The first-order valence-corrected chi connectivity index (χ1v) is 4.45. The minimum atomic E-state index is -0.448. The van der Waals surface area contributed by atoms with Crippen LogP contribution in [0.25, 0.3) is 0 Å². The van der Waals surface area contributed by atoms with E-state index in [9.17, 15) is 9.59 Å². The summed E-state index contributed by atoms with van der Waals surface area (Å²) in [6.07, 6.45) is 0.0854. The van der Waals surface area contributed by atoms with Gasteiger partial charge in [0.05, 0.1) is 6.04 Å². The maximum Gasteiger partial charge on any atom is 0.219 e. The highest BCUT2D eigenvalue weighted by Crippen LogP contribution is 1.96. The van der Waals surface area contributed by atoms with Crippen LogP contribution in [0.5, 0.6) is 0 Å². The molecule has 0 aromatic heterocycles. The van der Waals surface area contributed by atoms with Gasteiger partial charge in [-0.1, -0.05) is 13.8 Å². The Morgan fingerprint density at radius 1 is 1.38 bits per heavy atom. The van der Waals surface area contributed by atoms with Crippen LogP contribution in [0.15, 0.2) is 0 Å². The summed E-state index contributed by atoms with van der Waals surface area (Å²) in [5, 5.41) is 3.00. The fourth-order valence-corrected chi connectivity index (χ4v) is 0.939. The van der Waals surface area contributed by atoms with Gasteiger partial charge in [0.2, 0.25) is 5.91 Å². The molecule has 0 rings (SSSR count). The molecule has 0 aromatic rings. The molecule has 0 aromatic carbocycles. The van der Waals surface area contributed by atoms with Crippen molar-refractivity contribution in [2.24, 2.45) is 11.7 Å². The molecule has 76 valence electrons. The molecular weight excluding hydrogens is 168 g/mol. The molecule has 0 radical (unpaired) electrons. The van der Waals surface area contributed by atoms with Crippen molar-refractivity contribution in [3.05, 3.63) is 0 Å². The van der Waals surface area contributed by atoms with E-state index in [1.54, 1.807) is 0 Å². The number of Topliss-reactive ketones (excluding diaryl/α,β-unsaturated/α-hetero) is 1. The first kappa shape index (κ1) is 12.1. The number of carbonyl (C=O) groups excluding carboxylic acids is 2. The number of nitrogens with two attached hydrogens (primary N) is 1. The van der Waals surface area contributed by atoms with E-state index >= 15 is 0 Å². The number of ketones is 1. The molecule has 3 N–H and O–H groups in total. The molecule has 0 saturated carbocycles. The molecule has 4 heteroatoms. The number of amides is 1. The lowest BCUT2D eigenvalue weighted by atomic mass is 10.1. The van der Waals surface area contributed by atoms with Crippen molar-refractivity contribution < 1.29 is 9.59 Å². The summed E-state index contributed by atoms with van der Waals surface area (Å²) in [6.45, 7) is 6.25. The van der Waals surface area contributed by atoms with Gasteiger partial charge in [0.25, 0.3) is 0 Å². The van der Waals surface area contributed by atoms with E-state index in [-0.39, 0.29) is 12.2 Å². The van der Waals surface area contributed by atoms with Gasteiger partial charge < -0.3 is 11.1 Å². The first-order valence-electron chi connectivity index (χ1n) is 4.45. The average molecular weight is 186 g/mol. The summed E-state index contributed by atoms with van der Waals surface area (Å²) in [4.78, 5) is 21.6. The Labute approximate surface area is 78.9 Å². The molecule has 1 atom stereocenters. The van der Waals surface area contributed by atoms with E-state index in [1.807, 2.05) is 13.8 Å². The van der Waals surface area contributed by atoms with Gasteiger partial charge in [0.1, 0.15) is 5.78 Å². The Morgan fingerprint density at radius 2 is 1.92 bits per heavy atom. The molecule has 13 heavy (non-hydrogen) atoms. The van der Waals surface area contributed by atoms with Crippen LogP contribution < -0.4 is 11.1 Å². The standard InChI is InChI=1S/C9H18N2O2/c1-6(2)5-11-8(7(3)12)4-9(10)13/h6,8,11H,4-5H2,1-3H3,(H2,10,13)/t8-/m0/s1. The van der Waals surface area contributed by atoms with Crippen molar-refractivity contribution in [3.63, 3.8) is 0 Å². The molecule has 0 aliphatic rings. The van der Waals surface area contributed by atoms with Gasteiger partial charge in [0, 0.05) is 6.42 Å². The van der Waals surface area contributed by atoms with E-state index in [0.29, 0.717) is 5.92 Å². The zero-order valence-corrected chi connectivity index (χ0v) is 8.46. The Kier molecular flexibility index (Phi) is 5.30. The number of rotatable bonds is 6. The number of hydrogen-bond acceptors (Lipinski definition) is 3. The van der Waals surface area contributed by atoms with Gasteiger partial charge in [-0.05, 0) is 19.4 Å². The van der Waals surface area contributed by atoms with Crippen LogP contribution in [0.3, 0.4) is 0 Å². The second kappa shape index (κ2) is 5.70. The molecular formula is C9H18N2O2. The van der Waals surface area contributed by atoms with Crippen LogP contribution in [0, 0.1) is 5.92 Å². The Morgan fingerprint density at radius 3 is 2.23 bits per heavy atom. The zero-order valence-electron chi connectivity index (χ0n) is 8.46. The lowest BCUT2D eigenvalue weighted by molar-refractivity contribution is -0.124. The van der Waals surface area contributed by atoms with Gasteiger partial charge in [-0.15, -0.1) is 0 Å². The van der Waals surface area contributed by atoms with E-state index in [1.165, 1.54) is 6.92 Å². The highest BCUT2D eigenvalue weighted by molar-refractivity contribution is 5.87. The summed E-state index contributed by atoms with van der Waals surface area (Å²) in [7, 11) is 0. The van der Waals surface area contributed by atoms with Crippen molar-refractivity contribution in [1.82, 2.24) is 5.32 Å². The Balaban J connectivity index is 3.95. The van der Waals surface area contributed by atoms with Gasteiger partial charge in [-0.3, -0.25) is 9.59 Å². The zero-order chi connectivity index (χ0) is 10.4. The summed E-state index contributed by atoms with van der Waals surface area (Å²) in [5.41, 5.74) is 5.01. The number of hydrogen-bond donors (Lipinski definition) is 2. The predicted molar refractivity (Wildman–Crippen MR) is 51.1 cm³/mol. The van der Waals surface area contributed by atoms with Crippen LogP contribution in [-0.4, -0.2) is 24.3 Å². The highest BCUT2D eigenvalue weighted by atomic mass is 16.1. The van der Waals surface area contributed by atoms with Crippen molar-refractivity contribution in [2.75, 3.05) is 6.54 Å². The lowest BCUT2D eigenvalue weighted by Gasteiger charge is -2.15. The fourth-order valence-electron chi connectivity index (χ4n) is 0.939. The van der Waals surface area contributed by atoms with Crippen molar-refractivity contribution >= 4 is 11.7 Å². The minimum Gasteiger partial charge on any atom is -0.370 e. The summed E-state index contributed by atoms with van der Waals surface area (Å²) in [5.74, 6) is -0.0365. The molecule has 0 heterocycles. The van der Waals surface area contributed by atoms with E-state index < -0.39 is 11.9 Å². The quantitative estimate of drug-likeness (QED) is 0.616. The van der Waals surface area contributed by atoms with Crippen LogP contribution in [0.2, 0.25) is 0 Å². The number of nitrogens with one attached hydrogen (secondary N) is 1. The van der Waals surface area contributed by atoms with Crippen LogP contribution in [-0.2, 0) is 9.59 Å². The van der Waals surface area contributed by atoms with Crippen LogP contribution in [0.4, 0.5) is 0 Å². The van der Waals surface area contributed by atoms with Crippen molar-refractivity contribution in [3.8, 4) is 0 Å². The maximum absolute atomic E-state index is 11.0. The normalized spacial score (nSPS) is 12.9. The van der Waals surface area contributed by atoms with Crippen molar-refractivity contribution in [2.45, 2.75) is 33.2 Å². The van der Waals surface area contributed by atoms with Crippen LogP contribution >= 0.6 is 0 Å². The molecule has 0 spiro atoms. The molecule has 4 nitrogen and oxygen atoms in total. The van der Waals surface area contributed by atoms with Gasteiger partial charge >= 0.3 is 0 Å². The Bertz CT molecular complexity index is 190. The molecule has 0 aliphatic carbocycles. The minimum absolute atomic E-state index is 0.0422. The third-order valence-electron chi connectivity index (χ3n) is 1.67. The maximum atomic E-state index is 11.0. The fraction of sp³-hybridized carbons (Fsp3) is 0.778. The number of carbonyl (C=O) groups is 2. The van der Waals surface area contributed by atoms with Crippen LogP contribution in [0.1, 0.15) is 27.2 Å². The molecule has 0 saturated heterocycles. The second-order valence-electron chi connectivity index (χ2n) is 3.64.